The Bertz CT molecular complexity index is 256. The summed E-state index contributed by atoms with van der Waals surface area (Å²) in [4.78, 5) is 0. The maximum atomic E-state index is 10.7. The smallest absolute Gasteiger partial charge is 0.0799 e. The molecule has 3 atom stereocenters. The minimum absolute atomic E-state index is 0.103. The molecule has 2 heteroatoms. The van der Waals surface area contributed by atoms with E-state index in [-0.39, 0.29) is 16.2 Å². The summed E-state index contributed by atoms with van der Waals surface area (Å²) < 4.78 is 0. The van der Waals surface area contributed by atoms with Gasteiger partial charge in [0.2, 0.25) is 0 Å². The molecule has 0 aliphatic rings. The summed E-state index contributed by atoms with van der Waals surface area (Å²) in [6, 6.07) is 0. The van der Waals surface area contributed by atoms with Crippen molar-refractivity contribution in [1.29, 1.82) is 0 Å². The van der Waals surface area contributed by atoms with Crippen molar-refractivity contribution >= 4 is 11.6 Å². The van der Waals surface area contributed by atoms with Gasteiger partial charge in [0.05, 0.1) is 11.5 Å². The third-order valence-corrected chi connectivity index (χ3v) is 5.15. The van der Waals surface area contributed by atoms with E-state index in [1.165, 1.54) is 19.3 Å². The van der Waals surface area contributed by atoms with Gasteiger partial charge in [0.1, 0.15) is 0 Å². The molecule has 0 radical (unpaired) electrons. The van der Waals surface area contributed by atoms with Gasteiger partial charge in [-0.25, -0.2) is 0 Å². The molecule has 1 N–H and O–H groups in total. The summed E-state index contributed by atoms with van der Waals surface area (Å²) in [5.74, 6) is 0. The molecule has 0 saturated carbocycles. The first-order valence-electron chi connectivity index (χ1n) is 7.71. The third-order valence-electron chi connectivity index (χ3n) is 4.25. The summed E-state index contributed by atoms with van der Waals surface area (Å²) in [5.41, 5.74) is -0.346. The Labute approximate surface area is 125 Å². The first-order valence-corrected chi connectivity index (χ1v) is 8.14. The van der Waals surface area contributed by atoms with Crippen molar-refractivity contribution in [1.82, 2.24) is 0 Å². The molecule has 1 nitrogen and oxygen atoms in total. The molecule has 0 heterocycles. The van der Waals surface area contributed by atoms with E-state index in [0.29, 0.717) is 0 Å². The van der Waals surface area contributed by atoms with E-state index < -0.39 is 6.10 Å². The number of hydrogen-bond acceptors (Lipinski definition) is 1. The average Bonchev–Trinajstić information content (AvgIpc) is 2.37. The lowest BCUT2D eigenvalue weighted by Gasteiger charge is -2.41. The fourth-order valence-electron chi connectivity index (χ4n) is 2.55. The van der Waals surface area contributed by atoms with E-state index >= 15 is 0 Å². The van der Waals surface area contributed by atoms with Gasteiger partial charge >= 0.3 is 0 Å². The number of hydrogen-bond donors (Lipinski definition) is 1. The molecule has 0 bridgehead atoms. The summed E-state index contributed by atoms with van der Waals surface area (Å²) >= 11 is 6.49. The van der Waals surface area contributed by atoms with Crippen molar-refractivity contribution in [2.24, 2.45) is 10.8 Å². The minimum atomic E-state index is -0.529. The van der Waals surface area contributed by atoms with Crippen LogP contribution in [0.25, 0.3) is 0 Å². The third kappa shape index (κ3) is 5.47. The summed E-state index contributed by atoms with van der Waals surface area (Å²) in [6.07, 6.45) is 8.13. The molecule has 0 spiro atoms. The zero-order valence-corrected chi connectivity index (χ0v) is 14.3. The van der Waals surface area contributed by atoms with Crippen LogP contribution >= 0.6 is 11.6 Å². The van der Waals surface area contributed by atoms with Gasteiger partial charge < -0.3 is 5.11 Å². The van der Waals surface area contributed by atoms with Gasteiger partial charge in [-0.05, 0) is 18.3 Å². The van der Waals surface area contributed by atoms with Gasteiger partial charge in [0, 0.05) is 5.41 Å². The van der Waals surface area contributed by atoms with Gasteiger partial charge in [0.25, 0.3) is 0 Å². The SMILES string of the molecule is C=C[C@](CC)(CCCCCC)C(O)C(Cl)C(C)(C)C. The topological polar surface area (TPSA) is 20.2 Å². The zero-order chi connectivity index (χ0) is 15.1. The van der Waals surface area contributed by atoms with Crippen molar-refractivity contribution in [3.05, 3.63) is 12.7 Å². The highest BCUT2D eigenvalue weighted by molar-refractivity contribution is 6.21. The van der Waals surface area contributed by atoms with E-state index in [4.69, 9.17) is 11.6 Å². The van der Waals surface area contributed by atoms with E-state index in [1.54, 1.807) is 0 Å². The van der Waals surface area contributed by atoms with Crippen molar-refractivity contribution in [3.8, 4) is 0 Å². The average molecular weight is 289 g/mol. The molecule has 0 rings (SSSR count). The van der Waals surface area contributed by atoms with Crippen LogP contribution in [0.2, 0.25) is 0 Å². The first kappa shape index (κ1) is 19.0. The van der Waals surface area contributed by atoms with E-state index in [0.717, 1.165) is 19.3 Å². The number of aliphatic hydroxyl groups is 1. The Kier molecular flexibility index (Phi) is 8.31. The molecule has 19 heavy (non-hydrogen) atoms. The van der Waals surface area contributed by atoms with Crippen molar-refractivity contribution in [2.45, 2.75) is 84.6 Å². The fraction of sp³-hybridized carbons (Fsp3) is 0.882. The molecule has 114 valence electrons. The van der Waals surface area contributed by atoms with Crippen molar-refractivity contribution in [3.63, 3.8) is 0 Å². The van der Waals surface area contributed by atoms with E-state index in [2.05, 4.69) is 41.2 Å². The highest BCUT2D eigenvalue weighted by Crippen LogP contribution is 2.41. The molecule has 0 aromatic carbocycles. The summed E-state index contributed by atoms with van der Waals surface area (Å²) in [7, 11) is 0. The minimum Gasteiger partial charge on any atom is -0.391 e. The Morgan fingerprint density at radius 3 is 2.11 bits per heavy atom. The Morgan fingerprint density at radius 2 is 1.74 bits per heavy atom. The molecular weight excluding hydrogens is 256 g/mol. The largest absolute Gasteiger partial charge is 0.391 e. The highest BCUT2D eigenvalue weighted by atomic mass is 35.5. The molecule has 0 aromatic rings. The second kappa shape index (κ2) is 8.32. The van der Waals surface area contributed by atoms with Gasteiger partial charge in [0.15, 0.2) is 0 Å². The lowest BCUT2D eigenvalue weighted by atomic mass is 9.70. The Balaban J connectivity index is 4.81. The van der Waals surface area contributed by atoms with Crippen LogP contribution < -0.4 is 0 Å². The van der Waals surface area contributed by atoms with Crippen LogP contribution in [0.1, 0.15) is 73.1 Å². The van der Waals surface area contributed by atoms with Crippen LogP contribution in [0.4, 0.5) is 0 Å². The summed E-state index contributed by atoms with van der Waals surface area (Å²) in [6.45, 7) is 14.5. The molecule has 0 aliphatic carbocycles. The fourth-order valence-corrected chi connectivity index (χ4v) is 2.80. The molecule has 0 aromatic heterocycles. The lowest BCUT2D eigenvalue weighted by Crippen LogP contribution is -2.44. The predicted octanol–water partition coefficient (Wildman–Crippen LogP) is 5.55. The van der Waals surface area contributed by atoms with Crippen LogP contribution in [-0.4, -0.2) is 16.6 Å². The standard InChI is InChI=1S/C17H33ClO/c1-7-10-11-12-13-17(8-2,9-3)15(19)14(18)16(4,5)6/h8,14-15,19H,2,7,9-13H2,1,3-6H3/t14?,15?,17-/m0/s1. The van der Waals surface area contributed by atoms with Crippen LogP contribution in [0.3, 0.4) is 0 Å². The zero-order valence-electron chi connectivity index (χ0n) is 13.5. The number of unbranched alkanes of at least 4 members (excludes halogenated alkanes) is 3. The second-order valence-electron chi connectivity index (χ2n) is 6.81. The molecular formula is C17H33ClO. The quantitative estimate of drug-likeness (QED) is 0.335. The van der Waals surface area contributed by atoms with Crippen LogP contribution in [0.5, 0.6) is 0 Å². The predicted molar refractivity (Wildman–Crippen MR) is 86.8 cm³/mol. The summed E-state index contributed by atoms with van der Waals surface area (Å²) in [5, 5.41) is 10.5. The van der Waals surface area contributed by atoms with E-state index in [1.807, 2.05) is 6.08 Å². The molecule has 0 amide bonds. The molecule has 0 aliphatic heterocycles. The van der Waals surface area contributed by atoms with Gasteiger partial charge in [-0.1, -0.05) is 66.4 Å². The highest BCUT2D eigenvalue weighted by Gasteiger charge is 2.41. The van der Waals surface area contributed by atoms with Gasteiger partial charge in [-0.2, -0.15) is 0 Å². The number of alkyl halides is 1. The van der Waals surface area contributed by atoms with E-state index in [9.17, 15) is 5.11 Å². The number of halogens is 1. The first-order chi connectivity index (χ1) is 8.75. The lowest BCUT2D eigenvalue weighted by molar-refractivity contribution is 0.0202. The molecule has 2 unspecified atom stereocenters. The van der Waals surface area contributed by atoms with Crippen LogP contribution in [0, 0.1) is 10.8 Å². The van der Waals surface area contributed by atoms with Crippen LogP contribution in [-0.2, 0) is 0 Å². The van der Waals surface area contributed by atoms with Crippen molar-refractivity contribution in [2.75, 3.05) is 0 Å². The molecule has 0 fully saturated rings. The molecule has 0 saturated heterocycles. The maximum Gasteiger partial charge on any atom is 0.0799 e. The number of rotatable bonds is 9. The van der Waals surface area contributed by atoms with Crippen LogP contribution in [0.15, 0.2) is 12.7 Å². The van der Waals surface area contributed by atoms with Gasteiger partial charge in [-0.15, -0.1) is 18.2 Å². The maximum absolute atomic E-state index is 10.7. The Hall–Kier alpha value is -0.0100. The van der Waals surface area contributed by atoms with Crippen molar-refractivity contribution < 1.29 is 5.11 Å². The monoisotopic (exact) mass is 288 g/mol. The normalized spacial score (nSPS) is 18.7. The van der Waals surface area contributed by atoms with Gasteiger partial charge in [-0.3, -0.25) is 0 Å². The Morgan fingerprint density at radius 1 is 1.16 bits per heavy atom. The number of aliphatic hydroxyl groups excluding tert-OH is 1. The second-order valence-corrected chi connectivity index (χ2v) is 7.28.